The molecule has 0 bridgehead atoms. The Morgan fingerprint density at radius 2 is 1.90 bits per heavy atom. The van der Waals surface area contributed by atoms with Crippen molar-refractivity contribution in [1.82, 2.24) is 24.0 Å². The van der Waals surface area contributed by atoms with Crippen molar-refractivity contribution in [2.45, 2.75) is 71.0 Å². The zero-order valence-corrected chi connectivity index (χ0v) is 18.4. The largest absolute Gasteiger partial charge is 0.338 e. The average Bonchev–Trinajstić information content (AvgIpc) is 3.47. The minimum atomic E-state index is -0.221. The van der Waals surface area contributed by atoms with Gasteiger partial charge in [0.15, 0.2) is 11.2 Å². The third-order valence-electron chi connectivity index (χ3n) is 7.48. The van der Waals surface area contributed by atoms with Gasteiger partial charge in [-0.15, -0.1) is 0 Å². The standard InChI is InChI=1S/C22H34N6O2/c1-14(2)8-10-27-18-19(24-21(27)26-11-9-15-12-23-13-17(15)26)25(3)22(30)28(20(18)29)16-6-4-5-7-16/h14-17,23H,4-13H2,1-3H3. The van der Waals surface area contributed by atoms with Gasteiger partial charge in [0.1, 0.15) is 0 Å². The molecule has 0 spiro atoms. The van der Waals surface area contributed by atoms with Gasteiger partial charge in [0, 0.05) is 45.3 Å². The van der Waals surface area contributed by atoms with Gasteiger partial charge in [-0.2, -0.15) is 4.98 Å². The first-order valence-electron chi connectivity index (χ1n) is 11.7. The van der Waals surface area contributed by atoms with E-state index in [0.717, 1.165) is 70.7 Å². The highest BCUT2D eigenvalue weighted by Gasteiger charge is 2.40. The van der Waals surface area contributed by atoms with E-state index in [9.17, 15) is 9.59 Å². The molecule has 3 aliphatic rings. The molecule has 3 fully saturated rings. The molecule has 2 atom stereocenters. The molecule has 0 radical (unpaired) electrons. The van der Waals surface area contributed by atoms with Gasteiger partial charge in [0.05, 0.1) is 0 Å². The van der Waals surface area contributed by atoms with Crippen LogP contribution in [-0.2, 0) is 13.6 Å². The Bertz CT molecular complexity index is 1060. The molecule has 8 nitrogen and oxygen atoms in total. The molecule has 1 saturated carbocycles. The number of aryl methyl sites for hydroxylation is 2. The van der Waals surface area contributed by atoms with E-state index in [1.807, 2.05) is 0 Å². The Morgan fingerprint density at radius 3 is 2.63 bits per heavy atom. The van der Waals surface area contributed by atoms with Crippen molar-refractivity contribution in [3.63, 3.8) is 0 Å². The molecule has 5 rings (SSSR count). The predicted molar refractivity (Wildman–Crippen MR) is 118 cm³/mol. The number of anilines is 1. The van der Waals surface area contributed by atoms with E-state index >= 15 is 0 Å². The van der Waals surface area contributed by atoms with E-state index < -0.39 is 0 Å². The van der Waals surface area contributed by atoms with Crippen molar-refractivity contribution in [3.05, 3.63) is 20.8 Å². The summed E-state index contributed by atoms with van der Waals surface area (Å²) in [5.41, 5.74) is 0.769. The summed E-state index contributed by atoms with van der Waals surface area (Å²) < 4.78 is 5.25. The van der Waals surface area contributed by atoms with E-state index in [-0.39, 0.29) is 17.3 Å². The van der Waals surface area contributed by atoms with E-state index in [0.29, 0.717) is 29.0 Å². The van der Waals surface area contributed by atoms with E-state index in [1.54, 1.807) is 11.6 Å². The number of hydrogen-bond acceptors (Lipinski definition) is 5. The Morgan fingerprint density at radius 1 is 1.13 bits per heavy atom. The summed E-state index contributed by atoms with van der Waals surface area (Å²) >= 11 is 0. The van der Waals surface area contributed by atoms with Crippen LogP contribution in [0, 0.1) is 11.8 Å². The lowest BCUT2D eigenvalue weighted by atomic mass is 10.1. The number of fused-ring (bicyclic) bond motifs is 2. The summed E-state index contributed by atoms with van der Waals surface area (Å²) in [5.74, 6) is 2.04. The van der Waals surface area contributed by atoms with Gasteiger partial charge in [-0.3, -0.25) is 13.9 Å². The van der Waals surface area contributed by atoms with Crippen LogP contribution in [0.2, 0.25) is 0 Å². The lowest BCUT2D eigenvalue weighted by Gasteiger charge is -2.25. The predicted octanol–water partition coefficient (Wildman–Crippen LogP) is 1.86. The van der Waals surface area contributed by atoms with Gasteiger partial charge < -0.3 is 14.8 Å². The quantitative estimate of drug-likeness (QED) is 0.808. The fourth-order valence-electron chi connectivity index (χ4n) is 5.73. The van der Waals surface area contributed by atoms with E-state index in [1.165, 1.54) is 4.57 Å². The molecule has 2 saturated heterocycles. The number of aromatic nitrogens is 4. The highest BCUT2D eigenvalue weighted by atomic mass is 16.2. The van der Waals surface area contributed by atoms with Crippen molar-refractivity contribution < 1.29 is 0 Å². The van der Waals surface area contributed by atoms with Crippen molar-refractivity contribution in [1.29, 1.82) is 0 Å². The van der Waals surface area contributed by atoms with Gasteiger partial charge in [-0.05, 0) is 37.5 Å². The Hall–Kier alpha value is -2.09. The summed E-state index contributed by atoms with van der Waals surface area (Å²) in [7, 11) is 1.77. The molecule has 0 aromatic carbocycles. The first-order valence-corrected chi connectivity index (χ1v) is 11.7. The lowest BCUT2D eigenvalue weighted by molar-refractivity contribution is 0.466. The van der Waals surface area contributed by atoms with Crippen LogP contribution in [0.15, 0.2) is 9.59 Å². The second-order valence-electron chi connectivity index (χ2n) is 9.84. The maximum Gasteiger partial charge on any atom is 0.332 e. The molecular weight excluding hydrogens is 380 g/mol. The summed E-state index contributed by atoms with van der Waals surface area (Å²) in [6, 6.07) is 0.446. The molecule has 2 aromatic rings. The molecule has 4 heterocycles. The molecule has 1 aliphatic carbocycles. The van der Waals surface area contributed by atoms with Crippen LogP contribution in [0.4, 0.5) is 5.95 Å². The van der Waals surface area contributed by atoms with Crippen molar-refractivity contribution in [3.8, 4) is 0 Å². The maximum absolute atomic E-state index is 13.7. The molecule has 8 heteroatoms. The van der Waals surface area contributed by atoms with Gasteiger partial charge >= 0.3 is 5.69 Å². The minimum absolute atomic E-state index is 0.0210. The van der Waals surface area contributed by atoms with Crippen LogP contribution in [0.3, 0.4) is 0 Å². The van der Waals surface area contributed by atoms with Crippen LogP contribution in [0.1, 0.15) is 58.4 Å². The Labute approximate surface area is 176 Å². The van der Waals surface area contributed by atoms with Gasteiger partial charge in [-0.1, -0.05) is 26.7 Å². The fraction of sp³-hybridized carbons (Fsp3) is 0.773. The molecule has 2 aliphatic heterocycles. The van der Waals surface area contributed by atoms with E-state index in [4.69, 9.17) is 4.98 Å². The monoisotopic (exact) mass is 414 g/mol. The Balaban J connectivity index is 1.71. The second kappa shape index (κ2) is 7.55. The third kappa shape index (κ3) is 3.02. The van der Waals surface area contributed by atoms with Crippen LogP contribution in [0.5, 0.6) is 0 Å². The van der Waals surface area contributed by atoms with Crippen LogP contribution in [-0.4, -0.2) is 44.4 Å². The molecule has 2 unspecified atom stereocenters. The summed E-state index contributed by atoms with van der Waals surface area (Å²) in [6.45, 7) is 8.15. The zero-order chi connectivity index (χ0) is 21.0. The Kier molecular flexibility index (Phi) is 5.00. The lowest BCUT2D eigenvalue weighted by Crippen LogP contribution is -2.41. The first-order chi connectivity index (χ1) is 14.5. The molecule has 30 heavy (non-hydrogen) atoms. The first kappa shape index (κ1) is 19.8. The van der Waals surface area contributed by atoms with Crippen LogP contribution >= 0.6 is 0 Å². The van der Waals surface area contributed by atoms with Crippen LogP contribution in [0.25, 0.3) is 11.2 Å². The SMILES string of the molecule is CC(C)CCn1c(N2CCC3CNCC32)nc2c1c(=O)n(C1CCCC1)c(=O)n2C. The summed E-state index contributed by atoms with van der Waals surface area (Å²) in [4.78, 5) is 34.1. The molecule has 2 aromatic heterocycles. The van der Waals surface area contributed by atoms with Gasteiger partial charge in [0.2, 0.25) is 5.95 Å². The third-order valence-corrected chi connectivity index (χ3v) is 7.48. The zero-order valence-electron chi connectivity index (χ0n) is 18.4. The average molecular weight is 415 g/mol. The highest BCUT2D eigenvalue weighted by molar-refractivity contribution is 5.75. The summed E-state index contributed by atoms with van der Waals surface area (Å²) in [6.07, 6.45) is 6.12. The molecule has 164 valence electrons. The fourth-order valence-corrected chi connectivity index (χ4v) is 5.73. The normalized spacial score (nSPS) is 24.6. The van der Waals surface area contributed by atoms with Crippen molar-refractivity contribution in [2.24, 2.45) is 18.9 Å². The second-order valence-corrected chi connectivity index (χ2v) is 9.84. The van der Waals surface area contributed by atoms with Crippen LogP contribution < -0.4 is 21.5 Å². The van der Waals surface area contributed by atoms with E-state index in [2.05, 4.69) is 28.6 Å². The molecule has 1 N–H and O–H groups in total. The number of nitrogens with zero attached hydrogens (tertiary/aromatic N) is 5. The van der Waals surface area contributed by atoms with Crippen molar-refractivity contribution >= 4 is 17.1 Å². The number of rotatable bonds is 5. The maximum atomic E-state index is 13.7. The smallest absolute Gasteiger partial charge is 0.332 e. The number of imidazole rings is 1. The highest BCUT2D eigenvalue weighted by Crippen LogP contribution is 2.33. The topological polar surface area (TPSA) is 77.1 Å². The molecular formula is C22H34N6O2. The number of nitrogens with one attached hydrogen (secondary N) is 1. The van der Waals surface area contributed by atoms with Gasteiger partial charge in [-0.25, -0.2) is 4.79 Å². The summed E-state index contributed by atoms with van der Waals surface area (Å²) in [5, 5.41) is 3.51. The van der Waals surface area contributed by atoms with Crippen molar-refractivity contribution in [2.75, 3.05) is 24.5 Å². The molecule has 0 amide bonds. The minimum Gasteiger partial charge on any atom is -0.338 e. The number of hydrogen-bond donors (Lipinski definition) is 1. The van der Waals surface area contributed by atoms with Gasteiger partial charge in [0.25, 0.3) is 5.56 Å².